The summed E-state index contributed by atoms with van der Waals surface area (Å²) in [5, 5.41) is 11.2. The van der Waals surface area contributed by atoms with E-state index < -0.39 is 16.6 Å². The molecule has 0 saturated carbocycles. The second-order valence-electron chi connectivity index (χ2n) is 5.73. The van der Waals surface area contributed by atoms with Crippen molar-refractivity contribution in [3.63, 3.8) is 0 Å². The number of ether oxygens (including phenoxy) is 1. The molecule has 0 fully saturated rings. The van der Waals surface area contributed by atoms with Crippen LogP contribution in [0.3, 0.4) is 0 Å². The standard InChI is InChI=1S/C18H22F2N4O3S.HI/c1-2-22-18(23-11-13-6-5-8-15(10-13)28(21,25)26)24-12-14-7-3-4-9-16(14)27-17(19)20;/h3-10,17H,2,11-12H2,1H3,(H2,21,25,26)(H2,22,23,24);1H. The molecule has 2 aromatic carbocycles. The summed E-state index contributed by atoms with van der Waals surface area (Å²) in [4.78, 5) is 4.39. The number of primary sulfonamides is 1. The van der Waals surface area contributed by atoms with Gasteiger partial charge in [0.1, 0.15) is 5.75 Å². The highest BCUT2D eigenvalue weighted by atomic mass is 127. The number of hydrogen-bond acceptors (Lipinski definition) is 4. The number of sulfonamides is 1. The average Bonchev–Trinajstić information content (AvgIpc) is 2.64. The SMILES string of the molecule is CCNC(=NCc1cccc(S(N)(=O)=O)c1)NCc1ccccc1OC(F)F.I. The highest BCUT2D eigenvalue weighted by molar-refractivity contribution is 14.0. The highest BCUT2D eigenvalue weighted by Gasteiger charge is 2.10. The van der Waals surface area contributed by atoms with Gasteiger partial charge in [-0.1, -0.05) is 30.3 Å². The lowest BCUT2D eigenvalue weighted by atomic mass is 10.2. The number of nitrogens with zero attached hydrogens (tertiary/aromatic N) is 1. The third-order valence-corrected chi connectivity index (χ3v) is 4.54. The zero-order valence-electron chi connectivity index (χ0n) is 15.6. The Morgan fingerprint density at radius 3 is 2.55 bits per heavy atom. The van der Waals surface area contributed by atoms with Gasteiger partial charge in [0.15, 0.2) is 5.96 Å². The van der Waals surface area contributed by atoms with E-state index in [1.165, 1.54) is 18.2 Å². The molecule has 0 spiro atoms. The maximum absolute atomic E-state index is 12.5. The molecule has 0 amide bonds. The molecule has 0 bridgehead atoms. The van der Waals surface area contributed by atoms with Crippen molar-refractivity contribution >= 4 is 40.0 Å². The minimum atomic E-state index is -3.79. The lowest BCUT2D eigenvalue weighted by Gasteiger charge is -2.14. The van der Waals surface area contributed by atoms with Crippen LogP contribution in [0.25, 0.3) is 0 Å². The lowest BCUT2D eigenvalue weighted by molar-refractivity contribution is -0.0504. The van der Waals surface area contributed by atoms with E-state index in [0.717, 1.165) is 0 Å². The van der Waals surface area contributed by atoms with Gasteiger partial charge >= 0.3 is 6.61 Å². The Kier molecular flexibility index (Phi) is 10.3. The number of para-hydroxylation sites is 1. The van der Waals surface area contributed by atoms with Crippen LogP contribution in [0.1, 0.15) is 18.1 Å². The second kappa shape index (κ2) is 11.9. The average molecular weight is 540 g/mol. The summed E-state index contributed by atoms with van der Waals surface area (Å²) in [6.45, 7) is -0.0285. The van der Waals surface area contributed by atoms with Crippen molar-refractivity contribution in [1.82, 2.24) is 10.6 Å². The number of hydrogen-bond donors (Lipinski definition) is 3. The Morgan fingerprint density at radius 2 is 1.90 bits per heavy atom. The zero-order valence-corrected chi connectivity index (χ0v) is 18.8. The molecule has 11 heteroatoms. The van der Waals surface area contributed by atoms with E-state index >= 15 is 0 Å². The molecule has 7 nitrogen and oxygen atoms in total. The molecule has 0 radical (unpaired) electrons. The molecule has 4 N–H and O–H groups in total. The lowest BCUT2D eigenvalue weighted by Crippen LogP contribution is -2.36. The number of guanidine groups is 1. The van der Waals surface area contributed by atoms with E-state index in [4.69, 9.17) is 5.14 Å². The van der Waals surface area contributed by atoms with Crippen LogP contribution < -0.4 is 20.5 Å². The number of halogens is 3. The smallest absolute Gasteiger partial charge is 0.387 e. The molecule has 0 atom stereocenters. The van der Waals surface area contributed by atoms with Gasteiger partial charge in [0, 0.05) is 18.7 Å². The molecule has 0 aromatic heterocycles. The molecule has 29 heavy (non-hydrogen) atoms. The summed E-state index contributed by atoms with van der Waals surface area (Å²) in [7, 11) is -3.79. The largest absolute Gasteiger partial charge is 0.434 e. The summed E-state index contributed by atoms with van der Waals surface area (Å²) >= 11 is 0. The van der Waals surface area contributed by atoms with Gasteiger partial charge < -0.3 is 15.4 Å². The van der Waals surface area contributed by atoms with Crippen molar-refractivity contribution in [3.8, 4) is 5.75 Å². The number of rotatable bonds is 8. The van der Waals surface area contributed by atoms with Crippen molar-refractivity contribution in [2.75, 3.05) is 6.54 Å². The molecule has 0 aliphatic carbocycles. The van der Waals surface area contributed by atoms with Gasteiger partial charge in [-0.25, -0.2) is 18.5 Å². The Morgan fingerprint density at radius 1 is 1.17 bits per heavy atom. The van der Waals surface area contributed by atoms with Gasteiger partial charge in [0.05, 0.1) is 11.4 Å². The summed E-state index contributed by atoms with van der Waals surface area (Å²) in [5.74, 6) is 0.525. The fourth-order valence-electron chi connectivity index (χ4n) is 2.37. The predicted molar refractivity (Wildman–Crippen MR) is 118 cm³/mol. The Balaban J connectivity index is 0.00000420. The fraction of sp³-hybridized carbons (Fsp3) is 0.278. The molecular weight excluding hydrogens is 517 g/mol. The molecule has 0 unspecified atom stereocenters. The summed E-state index contributed by atoms with van der Waals surface area (Å²) in [6, 6.07) is 12.6. The molecule has 160 valence electrons. The van der Waals surface area contributed by atoms with Crippen molar-refractivity contribution in [1.29, 1.82) is 0 Å². The van der Waals surface area contributed by atoms with E-state index in [1.807, 2.05) is 6.92 Å². The van der Waals surface area contributed by atoms with Gasteiger partial charge in [-0.2, -0.15) is 8.78 Å². The monoisotopic (exact) mass is 540 g/mol. The number of benzene rings is 2. The van der Waals surface area contributed by atoms with E-state index in [2.05, 4.69) is 20.4 Å². The summed E-state index contributed by atoms with van der Waals surface area (Å²) < 4.78 is 52.4. The van der Waals surface area contributed by atoms with E-state index in [9.17, 15) is 17.2 Å². The molecule has 0 heterocycles. The maximum Gasteiger partial charge on any atom is 0.387 e. The van der Waals surface area contributed by atoms with Gasteiger partial charge in [-0.3, -0.25) is 0 Å². The van der Waals surface area contributed by atoms with Crippen LogP contribution in [0.4, 0.5) is 8.78 Å². The fourth-order valence-corrected chi connectivity index (χ4v) is 2.96. The highest BCUT2D eigenvalue weighted by Crippen LogP contribution is 2.20. The predicted octanol–water partition coefficient (Wildman–Crippen LogP) is 2.81. The Hall–Kier alpha value is -1.99. The van der Waals surface area contributed by atoms with E-state index in [0.29, 0.717) is 23.6 Å². The van der Waals surface area contributed by atoms with Crippen LogP contribution in [-0.2, 0) is 23.1 Å². The molecule has 0 saturated heterocycles. The van der Waals surface area contributed by atoms with Crippen molar-refractivity contribution < 1.29 is 21.9 Å². The number of alkyl halides is 2. The second-order valence-corrected chi connectivity index (χ2v) is 7.29. The van der Waals surface area contributed by atoms with Crippen LogP contribution in [-0.4, -0.2) is 27.5 Å². The van der Waals surface area contributed by atoms with Gasteiger partial charge in [-0.15, -0.1) is 24.0 Å². The van der Waals surface area contributed by atoms with Crippen molar-refractivity contribution in [3.05, 3.63) is 59.7 Å². The Bertz CT molecular complexity index is 927. The first-order valence-electron chi connectivity index (χ1n) is 8.46. The van der Waals surface area contributed by atoms with E-state index in [1.54, 1.807) is 30.3 Å². The van der Waals surface area contributed by atoms with Crippen molar-refractivity contribution in [2.45, 2.75) is 31.5 Å². The van der Waals surface area contributed by atoms with E-state index in [-0.39, 0.29) is 47.7 Å². The normalized spacial score (nSPS) is 11.7. The van der Waals surface area contributed by atoms with Crippen molar-refractivity contribution in [2.24, 2.45) is 10.1 Å². The number of aliphatic imine (C=N–C) groups is 1. The first-order valence-corrected chi connectivity index (χ1v) is 10.0. The zero-order chi connectivity index (χ0) is 20.6. The van der Waals surface area contributed by atoms with Gasteiger partial charge in [-0.05, 0) is 30.7 Å². The van der Waals surface area contributed by atoms with Crippen LogP contribution in [0, 0.1) is 0 Å². The Labute approximate surface area is 185 Å². The summed E-state index contributed by atoms with van der Waals surface area (Å²) in [6.07, 6.45) is 0. The first kappa shape index (κ1) is 25.0. The van der Waals surface area contributed by atoms with Gasteiger partial charge in [0.2, 0.25) is 10.0 Å². The maximum atomic E-state index is 12.5. The molecular formula is C18H23F2IN4O3S. The third-order valence-electron chi connectivity index (χ3n) is 3.63. The van der Waals surface area contributed by atoms with Crippen LogP contribution in [0.5, 0.6) is 5.75 Å². The number of nitrogens with one attached hydrogen (secondary N) is 2. The minimum absolute atomic E-state index is 0. The molecule has 0 aliphatic rings. The molecule has 2 rings (SSSR count). The molecule has 0 aliphatic heterocycles. The van der Waals surface area contributed by atoms with Crippen LogP contribution in [0.15, 0.2) is 58.4 Å². The van der Waals surface area contributed by atoms with Crippen LogP contribution in [0.2, 0.25) is 0 Å². The quantitative estimate of drug-likeness (QED) is 0.272. The first-order chi connectivity index (χ1) is 13.3. The van der Waals surface area contributed by atoms with Crippen LogP contribution >= 0.6 is 24.0 Å². The topological polar surface area (TPSA) is 106 Å². The molecule has 2 aromatic rings. The van der Waals surface area contributed by atoms with Gasteiger partial charge in [0.25, 0.3) is 0 Å². The summed E-state index contributed by atoms with van der Waals surface area (Å²) in [5.41, 5.74) is 1.20. The minimum Gasteiger partial charge on any atom is -0.434 e. The third kappa shape index (κ3) is 8.50. The number of nitrogens with two attached hydrogens (primary N) is 1.